The minimum Gasteiger partial charge on any atom is -0.462 e. The molecule has 16 atom stereocenters. The van der Waals surface area contributed by atoms with E-state index in [0.29, 0.717) is 62.6 Å². The van der Waals surface area contributed by atoms with Crippen LogP contribution in [0.25, 0.3) is 0 Å². The zero-order valence-corrected chi connectivity index (χ0v) is 34.2. The van der Waals surface area contributed by atoms with E-state index in [1.54, 1.807) is 20.1 Å². The largest absolute Gasteiger partial charge is 0.462 e. The van der Waals surface area contributed by atoms with E-state index in [9.17, 15) is 15.0 Å². The number of allylic oxidation sites excluding steroid dienone is 3. The molecule has 12 heteroatoms. The van der Waals surface area contributed by atoms with Gasteiger partial charge in [0.25, 0.3) is 0 Å². The van der Waals surface area contributed by atoms with E-state index in [0.717, 1.165) is 18.4 Å². The Morgan fingerprint density at radius 3 is 2.62 bits per heavy atom. The number of carbonyl (C=O) groups is 1. The Balaban J connectivity index is 1.24. The summed E-state index contributed by atoms with van der Waals surface area (Å²) in [6.07, 6.45) is 13.0. The van der Waals surface area contributed by atoms with Crippen LogP contribution in [0.15, 0.2) is 59.3 Å². The van der Waals surface area contributed by atoms with Crippen molar-refractivity contribution in [3.8, 4) is 0 Å². The second kappa shape index (κ2) is 17.6. The van der Waals surface area contributed by atoms with Crippen molar-refractivity contribution in [1.82, 2.24) is 0 Å². The number of hydrogen-bond acceptors (Lipinski definition) is 12. The SMILES string of the molecule is CCC(C)[C@@H]1CC=C[C@]2(C[C@@H]3C[C@@H](C/C=C(\C)[C@@H](C4C[C@H](OC)[C@@H](OC5COCCO5)[C@H](C)O4)[C@@H](C)/C=C/C=C4\CO[C@@H]5[C@H](O)C(C)=C[C@@H](C(=O)O3)[C@]45O)O2)O1. The molecule has 2 bridgehead atoms. The molecule has 0 amide bonds. The fraction of sp³-hybridized carbons (Fsp3) is 0.750. The van der Waals surface area contributed by atoms with Gasteiger partial charge in [-0.25, -0.2) is 0 Å². The monoisotopic (exact) mass is 784 g/mol. The maximum Gasteiger partial charge on any atom is 0.316 e. The normalized spacial score (nSPS) is 47.8. The summed E-state index contributed by atoms with van der Waals surface area (Å²) in [5.74, 6) is -2.45. The minimum absolute atomic E-state index is 0.0156. The highest BCUT2D eigenvalue weighted by Crippen LogP contribution is 2.47. The summed E-state index contributed by atoms with van der Waals surface area (Å²) in [6, 6.07) is 0. The average Bonchev–Trinajstić information content (AvgIpc) is 3.52. The van der Waals surface area contributed by atoms with Gasteiger partial charge in [-0.15, -0.1) is 0 Å². The van der Waals surface area contributed by atoms with Gasteiger partial charge in [0, 0.05) is 32.3 Å². The molecule has 1 spiro atoms. The lowest BCUT2D eigenvalue weighted by Gasteiger charge is -2.47. The first-order chi connectivity index (χ1) is 26.9. The highest BCUT2D eigenvalue weighted by Gasteiger charge is 2.60. The highest BCUT2D eigenvalue weighted by atomic mass is 16.7. The molecule has 4 saturated heterocycles. The van der Waals surface area contributed by atoms with Crippen LogP contribution in [0, 0.1) is 23.7 Å². The van der Waals surface area contributed by atoms with Crippen molar-refractivity contribution in [2.45, 2.75) is 153 Å². The average molecular weight is 785 g/mol. The maximum absolute atomic E-state index is 14.3. The molecule has 0 saturated carbocycles. The van der Waals surface area contributed by atoms with Crippen LogP contribution >= 0.6 is 0 Å². The third-order valence-electron chi connectivity index (χ3n) is 13.3. The van der Waals surface area contributed by atoms with Crippen molar-refractivity contribution in [3.63, 3.8) is 0 Å². The first kappa shape index (κ1) is 41.9. The number of ether oxygens (including phenoxy) is 9. The van der Waals surface area contributed by atoms with Gasteiger partial charge in [0.05, 0.1) is 56.9 Å². The fourth-order valence-electron chi connectivity index (χ4n) is 9.95. The van der Waals surface area contributed by atoms with Crippen molar-refractivity contribution in [3.05, 3.63) is 59.3 Å². The van der Waals surface area contributed by atoms with Gasteiger partial charge in [-0.1, -0.05) is 69.2 Å². The van der Waals surface area contributed by atoms with Crippen LogP contribution in [-0.2, 0) is 47.4 Å². The summed E-state index contributed by atoms with van der Waals surface area (Å²) < 4.78 is 56.8. The number of aliphatic hydroxyl groups is 2. The van der Waals surface area contributed by atoms with Crippen LogP contribution in [0.2, 0.25) is 0 Å². The molecule has 6 aliphatic heterocycles. The van der Waals surface area contributed by atoms with Crippen LogP contribution < -0.4 is 0 Å². The van der Waals surface area contributed by atoms with Crippen LogP contribution in [0.1, 0.15) is 80.1 Å². The minimum atomic E-state index is -1.79. The number of carbonyl (C=O) groups excluding carboxylic acids is 1. The van der Waals surface area contributed by atoms with Gasteiger partial charge < -0.3 is 52.8 Å². The third-order valence-corrected chi connectivity index (χ3v) is 13.3. The lowest BCUT2D eigenvalue weighted by Crippen LogP contribution is -2.58. The molecule has 0 aromatic carbocycles. The van der Waals surface area contributed by atoms with Gasteiger partial charge in [0.15, 0.2) is 12.1 Å². The summed E-state index contributed by atoms with van der Waals surface area (Å²) in [5.41, 5.74) is 0.422. The van der Waals surface area contributed by atoms with Crippen molar-refractivity contribution in [2.24, 2.45) is 23.7 Å². The molecule has 0 aromatic rings. The lowest BCUT2D eigenvalue weighted by atomic mass is 9.71. The quantitative estimate of drug-likeness (QED) is 0.268. The summed E-state index contributed by atoms with van der Waals surface area (Å²) in [5, 5.41) is 23.6. The first-order valence-electron chi connectivity index (χ1n) is 20.9. The van der Waals surface area contributed by atoms with Gasteiger partial charge >= 0.3 is 5.97 Å². The Kier molecular flexibility index (Phi) is 13.1. The first-order valence-corrected chi connectivity index (χ1v) is 20.9. The molecular weight excluding hydrogens is 720 g/mol. The number of methoxy groups -OCH3 is 1. The molecular formula is C44H64O12. The van der Waals surface area contributed by atoms with Gasteiger partial charge in [0.1, 0.15) is 35.9 Å². The zero-order valence-electron chi connectivity index (χ0n) is 34.2. The van der Waals surface area contributed by atoms with Crippen molar-refractivity contribution in [1.29, 1.82) is 0 Å². The van der Waals surface area contributed by atoms with Crippen molar-refractivity contribution >= 4 is 5.97 Å². The standard InChI is InChI=1S/C44H64O12/c1-8-25(2)34-13-10-16-43(56-34)22-32-20-31(55-43)15-14-27(4)38(35-21-36(48-7)40(29(6)52-35)54-37-24-49-17-18-50-37)26(3)11-9-12-30-23-51-41-39(45)28(5)19-33(42(46)53-32)44(30,41)47/h9-12,14,16,19,25-26,29,31-41,45,47H,8,13,15,17-18,20-24H2,1-7H3/b11-9+,27-14+,30-12+/t25?,26-,29-,31+,32-,33-,34-,35?,36-,37?,38-,39+,40-,41+,43+,44+/m0/s1. The number of rotatable bonds is 6. The van der Waals surface area contributed by atoms with Crippen molar-refractivity contribution < 1.29 is 57.6 Å². The number of esters is 1. The van der Waals surface area contributed by atoms with Gasteiger partial charge in [0.2, 0.25) is 0 Å². The van der Waals surface area contributed by atoms with E-state index in [1.165, 1.54) is 0 Å². The van der Waals surface area contributed by atoms with Gasteiger partial charge in [-0.2, -0.15) is 0 Å². The van der Waals surface area contributed by atoms with E-state index in [2.05, 4.69) is 45.9 Å². The smallest absolute Gasteiger partial charge is 0.316 e. The third kappa shape index (κ3) is 8.44. The van der Waals surface area contributed by atoms with Gasteiger partial charge in [-0.3, -0.25) is 4.79 Å². The zero-order chi connectivity index (χ0) is 39.8. The summed E-state index contributed by atoms with van der Waals surface area (Å²) in [4.78, 5) is 14.3. The second-order valence-corrected chi connectivity index (χ2v) is 17.1. The fourth-order valence-corrected chi connectivity index (χ4v) is 9.95. The van der Waals surface area contributed by atoms with E-state index >= 15 is 0 Å². The molecule has 7 aliphatic rings. The molecule has 56 heavy (non-hydrogen) atoms. The molecule has 4 fully saturated rings. The van der Waals surface area contributed by atoms with Crippen LogP contribution in [0.4, 0.5) is 0 Å². The summed E-state index contributed by atoms with van der Waals surface area (Å²) >= 11 is 0. The molecule has 7 rings (SSSR count). The summed E-state index contributed by atoms with van der Waals surface area (Å²) in [6.45, 7) is 13.9. The van der Waals surface area contributed by atoms with E-state index in [-0.39, 0.29) is 55.1 Å². The molecule has 0 radical (unpaired) electrons. The molecule has 1 aliphatic carbocycles. The molecule has 0 aromatic heterocycles. The molecule has 6 heterocycles. The Labute approximate surface area is 332 Å². The number of aliphatic hydroxyl groups excluding tert-OH is 1. The van der Waals surface area contributed by atoms with Crippen molar-refractivity contribution in [2.75, 3.05) is 33.5 Å². The van der Waals surface area contributed by atoms with E-state index in [4.69, 9.17) is 42.6 Å². The molecule has 2 N–H and O–H groups in total. The topological polar surface area (TPSA) is 141 Å². The van der Waals surface area contributed by atoms with Crippen LogP contribution in [0.5, 0.6) is 0 Å². The molecule has 12 nitrogen and oxygen atoms in total. The number of hydrogen-bond donors (Lipinski definition) is 2. The van der Waals surface area contributed by atoms with Crippen LogP contribution in [-0.4, -0.2) is 122 Å². The Hall–Kier alpha value is -2.23. The maximum atomic E-state index is 14.3. The number of fused-ring (bicyclic) bond motifs is 2. The van der Waals surface area contributed by atoms with Gasteiger partial charge in [-0.05, 0) is 62.7 Å². The molecule has 3 unspecified atom stereocenters. The predicted molar refractivity (Wildman–Crippen MR) is 206 cm³/mol. The highest BCUT2D eigenvalue weighted by molar-refractivity contribution is 5.78. The Bertz CT molecular complexity index is 1550. The summed E-state index contributed by atoms with van der Waals surface area (Å²) in [7, 11) is 1.71. The van der Waals surface area contributed by atoms with Crippen LogP contribution in [0.3, 0.4) is 0 Å². The van der Waals surface area contributed by atoms with E-state index < -0.39 is 47.9 Å². The van der Waals surface area contributed by atoms with E-state index in [1.807, 2.05) is 25.2 Å². The predicted octanol–water partition coefficient (Wildman–Crippen LogP) is 5.27. The lowest BCUT2D eigenvalue weighted by molar-refractivity contribution is -0.294. The Morgan fingerprint density at radius 2 is 1.88 bits per heavy atom. The second-order valence-electron chi connectivity index (χ2n) is 17.1. The Morgan fingerprint density at radius 1 is 1.05 bits per heavy atom. The molecule has 312 valence electrons.